The molecule has 2 unspecified atom stereocenters. The van der Waals surface area contributed by atoms with Crippen molar-refractivity contribution >= 4 is 0 Å². The maximum atomic E-state index is 5.95. The Kier molecular flexibility index (Phi) is 7.90. The minimum Gasteiger partial charge on any atom is -0.493 e. The molecule has 0 aliphatic heterocycles. The first-order chi connectivity index (χ1) is 11.6. The van der Waals surface area contributed by atoms with Crippen LogP contribution in [-0.2, 0) is 4.74 Å². The minimum absolute atomic E-state index is 0.253. The van der Waals surface area contributed by atoms with Crippen molar-refractivity contribution in [2.75, 3.05) is 13.7 Å². The van der Waals surface area contributed by atoms with Crippen molar-refractivity contribution in [1.82, 2.24) is 0 Å². The summed E-state index contributed by atoms with van der Waals surface area (Å²) in [6, 6.07) is 6.21. The van der Waals surface area contributed by atoms with Crippen LogP contribution >= 0.6 is 0 Å². The molecule has 0 spiro atoms. The van der Waals surface area contributed by atoms with E-state index in [4.69, 9.17) is 14.2 Å². The van der Waals surface area contributed by atoms with Crippen LogP contribution in [0.5, 0.6) is 11.5 Å². The summed E-state index contributed by atoms with van der Waals surface area (Å²) < 4.78 is 17.3. The van der Waals surface area contributed by atoms with E-state index in [-0.39, 0.29) is 6.29 Å². The molecule has 24 heavy (non-hydrogen) atoms. The third-order valence-corrected chi connectivity index (χ3v) is 5.27. The van der Waals surface area contributed by atoms with E-state index in [1.54, 1.807) is 7.11 Å². The fraction of sp³-hybridized carbons (Fsp3) is 0.714. The molecule has 2 rings (SSSR count). The smallest absolute Gasteiger partial charge is 0.197 e. The fourth-order valence-corrected chi connectivity index (χ4v) is 3.41. The quantitative estimate of drug-likeness (QED) is 0.525. The van der Waals surface area contributed by atoms with Gasteiger partial charge < -0.3 is 14.2 Å². The van der Waals surface area contributed by atoms with Crippen LogP contribution in [0.1, 0.15) is 77.2 Å². The standard InChI is InChI=1S/C21H34O3/c1-5-16(2)19-11-12-20(21(15-19)22-4)24-17(3)23-14-13-18-9-7-6-8-10-18/h11-12,15-18H,5-10,13-14H2,1-4H3. The molecule has 0 heterocycles. The van der Waals surface area contributed by atoms with Gasteiger partial charge in [0.25, 0.3) is 0 Å². The summed E-state index contributed by atoms with van der Waals surface area (Å²) in [5, 5.41) is 0. The molecular formula is C21H34O3. The molecule has 1 aromatic rings. The molecule has 0 bridgehead atoms. The van der Waals surface area contributed by atoms with E-state index < -0.39 is 0 Å². The molecule has 1 aliphatic rings. The van der Waals surface area contributed by atoms with E-state index in [0.717, 1.165) is 36.9 Å². The summed E-state index contributed by atoms with van der Waals surface area (Å²) in [6.45, 7) is 7.16. The van der Waals surface area contributed by atoms with Gasteiger partial charge in [-0.3, -0.25) is 0 Å². The Morgan fingerprint density at radius 3 is 2.50 bits per heavy atom. The second kappa shape index (κ2) is 9.93. The highest BCUT2D eigenvalue weighted by Crippen LogP contribution is 2.32. The number of methoxy groups -OCH3 is 1. The SMILES string of the molecule is CCC(C)c1ccc(OC(C)OCCC2CCCCC2)c(OC)c1. The Morgan fingerprint density at radius 2 is 1.83 bits per heavy atom. The van der Waals surface area contributed by atoms with Gasteiger partial charge in [-0.15, -0.1) is 0 Å². The van der Waals surface area contributed by atoms with E-state index in [9.17, 15) is 0 Å². The van der Waals surface area contributed by atoms with Crippen molar-refractivity contribution in [3.8, 4) is 11.5 Å². The zero-order valence-corrected chi connectivity index (χ0v) is 15.8. The number of hydrogen-bond acceptors (Lipinski definition) is 3. The molecule has 2 atom stereocenters. The monoisotopic (exact) mass is 334 g/mol. The largest absolute Gasteiger partial charge is 0.493 e. The van der Waals surface area contributed by atoms with Crippen molar-refractivity contribution in [3.05, 3.63) is 23.8 Å². The van der Waals surface area contributed by atoms with E-state index >= 15 is 0 Å². The zero-order valence-electron chi connectivity index (χ0n) is 15.8. The first kappa shape index (κ1) is 19.1. The lowest BCUT2D eigenvalue weighted by molar-refractivity contribution is -0.0720. The lowest BCUT2D eigenvalue weighted by Gasteiger charge is -2.23. The lowest BCUT2D eigenvalue weighted by Crippen LogP contribution is -2.19. The summed E-state index contributed by atoms with van der Waals surface area (Å²) in [5.41, 5.74) is 1.28. The van der Waals surface area contributed by atoms with E-state index in [1.165, 1.54) is 37.7 Å². The number of benzene rings is 1. The second-order valence-electron chi connectivity index (χ2n) is 7.07. The van der Waals surface area contributed by atoms with Crippen molar-refractivity contribution in [2.45, 2.75) is 77.9 Å². The van der Waals surface area contributed by atoms with Gasteiger partial charge in [0.15, 0.2) is 17.8 Å². The molecular weight excluding hydrogens is 300 g/mol. The van der Waals surface area contributed by atoms with Crippen LogP contribution in [0.4, 0.5) is 0 Å². The predicted octanol–water partition coefficient (Wildman–Crippen LogP) is 5.92. The van der Waals surface area contributed by atoms with Gasteiger partial charge in [0, 0.05) is 0 Å². The van der Waals surface area contributed by atoms with Crippen molar-refractivity contribution in [2.24, 2.45) is 5.92 Å². The van der Waals surface area contributed by atoms with Crippen LogP contribution < -0.4 is 9.47 Å². The Labute approximate surface area is 147 Å². The molecule has 136 valence electrons. The molecule has 1 aromatic carbocycles. The summed E-state index contributed by atoms with van der Waals surface area (Å²) in [7, 11) is 1.69. The molecule has 0 radical (unpaired) electrons. The Morgan fingerprint density at radius 1 is 1.08 bits per heavy atom. The van der Waals surface area contributed by atoms with Gasteiger partial charge in [-0.1, -0.05) is 52.0 Å². The maximum Gasteiger partial charge on any atom is 0.197 e. The van der Waals surface area contributed by atoms with Crippen LogP contribution in [-0.4, -0.2) is 20.0 Å². The van der Waals surface area contributed by atoms with Crippen molar-refractivity contribution in [3.63, 3.8) is 0 Å². The molecule has 1 aliphatic carbocycles. The molecule has 3 heteroatoms. The Bertz CT molecular complexity index is 480. The Hall–Kier alpha value is -1.22. The third-order valence-electron chi connectivity index (χ3n) is 5.27. The molecule has 0 amide bonds. The van der Waals surface area contributed by atoms with Crippen LogP contribution in [0, 0.1) is 5.92 Å². The molecule has 3 nitrogen and oxygen atoms in total. The Balaban J connectivity index is 1.82. The molecule has 1 fully saturated rings. The van der Waals surface area contributed by atoms with Gasteiger partial charge in [-0.2, -0.15) is 0 Å². The van der Waals surface area contributed by atoms with Gasteiger partial charge in [-0.05, 0) is 49.3 Å². The van der Waals surface area contributed by atoms with Gasteiger partial charge in [0.05, 0.1) is 13.7 Å². The van der Waals surface area contributed by atoms with Crippen molar-refractivity contribution < 1.29 is 14.2 Å². The minimum atomic E-state index is -0.253. The van der Waals surface area contributed by atoms with Crippen LogP contribution in [0.15, 0.2) is 18.2 Å². The summed E-state index contributed by atoms with van der Waals surface area (Å²) in [5.74, 6) is 2.91. The maximum absolute atomic E-state index is 5.95. The van der Waals surface area contributed by atoms with E-state index in [0.29, 0.717) is 5.92 Å². The average molecular weight is 335 g/mol. The highest BCUT2D eigenvalue weighted by Gasteiger charge is 2.15. The molecule has 0 saturated heterocycles. The van der Waals surface area contributed by atoms with E-state index in [1.807, 2.05) is 13.0 Å². The summed E-state index contributed by atoms with van der Waals surface area (Å²) in [4.78, 5) is 0. The van der Waals surface area contributed by atoms with Gasteiger partial charge >= 0.3 is 0 Å². The highest BCUT2D eigenvalue weighted by molar-refractivity contribution is 5.43. The average Bonchev–Trinajstić information content (AvgIpc) is 2.62. The van der Waals surface area contributed by atoms with Crippen LogP contribution in [0.3, 0.4) is 0 Å². The zero-order chi connectivity index (χ0) is 17.4. The first-order valence-corrected chi connectivity index (χ1v) is 9.60. The predicted molar refractivity (Wildman–Crippen MR) is 98.9 cm³/mol. The molecule has 0 aromatic heterocycles. The molecule has 1 saturated carbocycles. The van der Waals surface area contributed by atoms with Crippen LogP contribution in [0.2, 0.25) is 0 Å². The van der Waals surface area contributed by atoms with Crippen molar-refractivity contribution in [1.29, 1.82) is 0 Å². The highest BCUT2D eigenvalue weighted by atomic mass is 16.7. The van der Waals surface area contributed by atoms with Gasteiger partial charge in [0.2, 0.25) is 0 Å². The normalized spacial score (nSPS) is 18.2. The topological polar surface area (TPSA) is 27.7 Å². The summed E-state index contributed by atoms with van der Waals surface area (Å²) >= 11 is 0. The van der Waals surface area contributed by atoms with Gasteiger partial charge in [0.1, 0.15) is 0 Å². The fourth-order valence-electron chi connectivity index (χ4n) is 3.41. The van der Waals surface area contributed by atoms with E-state index in [2.05, 4.69) is 26.0 Å². The number of ether oxygens (including phenoxy) is 3. The lowest BCUT2D eigenvalue weighted by atomic mass is 9.87. The number of rotatable bonds is 9. The summed E-state index contributed by atoms with van der Waals surface area (Å²) in [6.07, 6.45) is 8.92. The molecule has 0 N–H and O–H groups in total. The third kappa shape index (κ3) is 5.70. The second-order valence-corrected chi connectivity index (χ2v) is 7.07. The van der Waals surface area contributed by atoms with Crippen LogP contribution in [0.25, 0.3) is 0 Å². The van der Waals surface area contributed by atoms with Gasteiger partial charge in [-0.25, -0.2) is 0 Å². The first-order valence-electron chi connectivity index (χ1n) is 9.60. The number of hydrogen-bond donors (Lipinski definition) is 0.